The number of fused-ring (bicyclic) bond motifs is 1. The molecule has 2 aromatic rings. The molecule has 0 amide bonds. The highest BCUT2D eigenvalue weighted by atomic mass is 15.5. The van der Waals surface area contributed by atoms with Gasteiger partial charge in [-0.25, -0.2) is 0 Å². The third-order valence-electron chi connectivity index (χ3n) is 1.44. The number of nitrogen functional groups attached to an aromatic ring is 1. The fraction of sp³-hybridized carbons (Fsp3) is 0. The average molecular weight is 132 g/mol. The van der Waals surface area contributed by atoms with E-state index >= 15 is 0 Å². The highest BCUT2D eigenvalue weighted by Gasteiger charge is 1.94. The number of hydrogen-bond acceptors (Lipinski definition) is 2. The molecular weight excluding hydrogens is 126 g/mol. The second kappa shape index (κ2) is 1.73. The van der Waals surface area contributed by atoms with Gasteiger partial charge in [-0.05, 0) is 18.2 Å². The van der Waals surface area contributed by atoms with Crippen LogP contribution >= 0.6 is 0 Å². The molecule has 1 aromatic heterocycles. The molecule has 0 aliphatic rings. The van der Waals surface area contributed by atoms with Gasteiger partial charge in [0.1, 0.15) is 0 Å². The summed E-state index contributed by atoms with van der Waals surface area (Å²) in [5.74, 6) is 5.47. The Morgan fingerprint density at radius 1 is 1.60 bits per heavy atom. The summed E-state index contributed by atoms with van der Waals surface area (Å²) in [7, 11) is 0. The van der Waals surface area contributed by atoms with Crippen molar-refractivity contribution in [3.8, 4) is 0 Å². The summed E-state index contributed by atoms with van der Waals surface area (Å²) in [6.07, 6.45) is 1.71. The molecule has 0 aliphatic carbocycles. The van der Waals surface area contributed by atoms with Crippen molar-refractivity contribution in [1.29, 1.82) is 0 Å². The molecule has 0 aliphatic heterocycles. The molecule has 0 saturated heterocycles. The van der Waals surface area contributed by atoms with Crippen molar-refractivity contribution in [3.63, 3.8) is 0 Å². The van der Waals surface area contributed by atoms with E-state index in [-0.39, 0.29) is 0 Å². The minimum Gasteiger partial charge on any atom is -0.323 e. The topological polar surface area (TPSA) is 43.8 Å². The zero-order chi connectivity index (χ0) is 6.97. The van der Waals surface area contributed by atoms with Gasteiger partial charge in [0.2, 0.25) is 0 Å². The predicted octanol–water partition coefficient (Wildman–Crippen LogP) is 0.550. The van der Waals surface area contributed by atoms with Gasteiger partial charge in [0.15, 0.2) is 0 Å². The first-order valence-corrected chi connectivity index (χ1v) is 2.97. The Bertz CT molecular complexity index is 350. The molecule has 49 valence electrons. The number of nitrogens with zero attached hydrogens (tertiary/aromatic N) is 2. The predicted molar refractivity (Wildman–Crippen MR) is 38.7 cm³/mol. The summed E-state index contributed by atoms with van der Waals surface area (Å²) in [5.41, 5.74) is 0.929. The largest absolute Gasteiger partial charge is 0.323 e. The fourth-order valence-corrected chi connectivity index (χ4v) is 0.934. The average Bonchev–Trinajstić information content (AvgIpc) is 2.34. The molecule has 3 nitrogen and oxygen atoms in total. The molecule has 0 bridgehead atoms. The molecule has 0 fully saturated rings. The van der Waals surface area contributed by atoms with Crippen LogP contribution in [0.1, 0.15) is 0 Å². The van der Waals surface area contributed by atoms with Crippen LogP contribution in [0.5, 0.6) is 0 Å². The van der Waals surface area contributed by atoms with Crippen LogP contribution in [0, 0.1) is 6.07 Å². The third kappa shape index (κ3) is 0.572. The van der Waals surface area contributed by atoms with Crippen LogP contribution in [0.25, 0.3) is 10.9 Å². The molecule has 1 aromatic carbocycles. The second-order valence-electron chi connectivity index (χ2n) is 2.07. The number of rotatable bonds is 0. The first kappa shape index (κ1) is 5.29. The normalized spacial score (nSPS) is 10.4. The van der Waals surface area contributed by atoms with Crippen molar-refractivity contribution in [3.05, 3.63) is 30.5 Å². The standard InChI is InChI=1S/C7H6N3/c8-10-7-4-2-1-3-6(7)5-9-10/h2-5H,8H2. The lowest BCUT2D eigenvalue weighted by Crippen LogP contribution is -2.08. The molecule has 0 spiro atoms. The SMILES string of the molecule is Nn1ncc2c[c]ccc21. The van der Waals surface area contributed by atoms with Crippen LogP contribution in [0.2, 0.25) is 0 Å². The van der Waals surface area contributed by atoms with E-state index in [4.69, 9.17) is 5.84 Å². The van der Waals surface area contributed by atoms with E-state index in [1.807, 2.05) is 18.2 Å². The minimum atomic E-state index is 0.929. The van der Waals surface area contributed by atoms with Crippen LogP contribution in [-0.2, 0) is 0 Å². The summed E-state index contributed by atoms with van der Waals surface area (Å²) in [4.78, 5) is 1.35. The molecule has 3 heteroatoms. The van der Waals surface area contributed by atoms with E-state index in [2.05, 4.69) is 11.2 Å². The van der Waals surface area contributed by atoms with Crippen molar-refractivity contribution in [2.45, 2.75) is 0 Å². The van der Waals surface area contributed by atoms with Crippen LogP contribution in [0.3, 0.4) is 0 Å². The molecule has 10 heavy (non-hydrogen) atoms. The van der Waals surface area contributed by atoms with Gasteiger partial charge < -0.3 is 5.84 Å². The Labute approximate surface area is 58.0 Å². The van der Waals surface area contributed by atoms with Gasteiger partial charge in [0, 0.05) is 5.39 Å². The number of aromatic nitrogens is 2. The maximum absolute atomic E-state index is 5.47. The number of nitrogens with two attached hydrogens (primary N) is 1. The zero-order valence-corrected chi connectivity index (χ0v) is 5.28. The molecule has 0 saturated carbocycles. The lowest BCUT2D eigenvalue weighted by atomic mass is 10.3. The first-order valence-electron chi connectivity index (χ1n) is 2.97. The maximum atomic E-state index is 5.47. The Morgan fingerprint density at radius 2 is 2.50 bits per heavy atom. The van der Waals surface area contributed by atoms with E-state index in [0.29, 0.717) is 0 Å². The monoisotopic (exact) mass is 132 g/mol. The Morgan fingerprint density at radius 3 is 3.30 bits per heavy atom. The van der Waals surface area contributed by atoms with Gasteiger partial charge in [-0.15, -0.1) is 0 Å². The van der Waals surface area contributed by atoms with Crippen LogP contribution in [0.15, 0.2) is 24.4 Å². The van der Waals surface area contributed by atoms with Crippen LogP contribution < -0.4 is 5.84 Å². The summed E-state index contributed by atoms with van der Waals surface area (Å²) < 4.78 is 0. The van der Waals surface area contributed by atoms with Gasteiger partial charge in [0.25, 0.3) is 0 Å². The summed E-state index contributed by atoms with van der Waals surface area (Å²) in [6, 6.07) is 8.48. The Hall–Kier alpha value is -1.51. The molecular formula is C7H6N3. The molecule has 2 rings (SSSR count). The van der Waals surface area contributed by atoms with E-state index in [0.717, 1.165) is 10.9 Å². The van der Waals surface area contributed by atoms with Gasteiger partial charge in [0.05, 0.1) is 11.7 Å². The Balaban J connectivity index is 2.93. The van der Waals surface area contributed by atoms with Gasteiger partial charge in [-0.2, -0.15) is 9.89 Å². The second-order valence-corrected chi connectivity index (χ2v) is 2.07. The van der Waals surface area contributed by atoms with E-state index in [1.165, 1.54) is 4.79 Å². The van der Waals surface area contributed by atoms with E-state index < -0.39 is 0 Å². The molecule has 0 unspecified atom stereocenters. The zero-order valence-electron chi connectivity index (χ0n) is 5.28. The van der Waals surface area contributed by atoms with Gasteiger partial charge in [-0.1, -0.05) is 6.07 Å². The number of benzene rings is 1. The third-order valence-corrected chi connectivity index (χ3v) is 1.44. The lowest BCUT2D eigenvalue weighted by Gasteiger charge is -1.89. The maximum Gasteiger partial charge on any atom is 0.0916 e. The van der Waals surface area contributed by atoms with Crippen molar-refractivity contribution in [2.75, 3.05) is 5.84 Å². The van der Waals surface area contributed by atoms with Crippen LogP contribution in [-0.4, -0.2) is 9.89 Å². The minimum absolute atomic E-state index is 0.929. The molecule has 1 heterocycles. The lowest BCUT2D eigenvalue weighted by molar-refractivity contribution is 0.863. The van der Waals surface area contributed by atoms with Gasteiger partial charge in [-0.3, -0.25) is 0 Å². The highest BCUT2D eigenvalue weighted by molar-refractivity contribution is 5.78. The molecule has 2 N–H and O–H groups in total. The van der Waals surface area contributed by atoms with Gasteiger partial charge >= 0.3 is 0 Å². The highest BCUT2D eigenvalue weighted by Crippen LogP contribution is 2.08. The van der Waals surface area contributed by atoms with Crippen molar-refractivity contribution < 1.29 is 0 Å². The van der Waals surface area contributed by atoms with E-state index in [9.17, 15) is 0 Å². The smallest absolute Gasteiger partial charge is 0.0916 e. The van der Waals surface area contributed by atoms with Crippen molar-refractivity contribution >= 4 is 10.9 Å². The summed E-state index contributed by atoms with van der Waals surface area (Å²) >= 11 is 0. The molecule has 0 atom stereocenters. The van der Waals surface area contributed by atoms with Crippen molar-refractivity contribution in [1.82, 2.24) is 9.89 Å². The Kier molecular flexibility index (Phi) is 0.917. The first-order chi connectivity index (χ1) is 4.88. The van der Waals surface area contributed by atoms with Crippen LogP contribution in [0.4, 0.5) is 0 Å². The molecule has 1 radical (unpaired) electrons. The quantitative estimate of drug-likeness (QED) is 0.532. The van der Waals surface area contributed by atoms with E-state index in [1.54, 1.807) is 6.20 Å². The summed E-state index contributed by atoms with van der Waals surface area (Å²) in [5, 5.41) is 4.89. The summed E-state index contributed by atoms with van der Waals surface area (Å²) in [6.45, 7) is 0. The number of hydrogen-bond donors (Lipinski definition) is 1. The fourth-order valence-electron chi connectivity index (χ4n) is 0.934. The van der Waals surface area contributed by atoms with Crippen molar-refractivity contribution in [2.24, 2.45) is 0 Å².